The zero-order chi connectivity index (χ0) is 56.5. The summed E-state index contributed by atoms with van der Waals surface area (Å²) in [5.74, 6) is 6.11. The van der Waals surface area contributed by atoms with E-state index in [1.165, 1.54) is 44.1 Å². The molecule has 0 atom stereocenters. The van der Waals surface area contributed by atoms with Gasteiger partial charge in [0.25, 0.3) is 6.33 Å². The predicted molar refractivity (Wildman–Crippen MR) is 293 cm³/mol. The minimum atomic E-state index is -0.525. The van der Waals surface area contributed by atoms with Crippen LogP contribution in [0.15, 0.2) is 182 Å². The van der Waals surface area contributed by atoms with Crippen LogP contribution in [0.1, 0.15) is 102 Å². The molecule has 0 radical (unpaired) electrons. The van der Waals surface area contributed by atoms with E-state index in [9.17, 15) is 5.48 Å². The van der Waals surface area contributed by atoms with Gasteiger partial charge in [0.15, 0.2) is 0 Å². The van der Waals surface area contributed by atoms with Crippen molar-refractivity contribution in [2.75, 3.05) is 0 Å². The summed E-state index contributed by atoms with van der Waals surface area (Å²) in [4.78, 5) is 5.07. The molecular formula is C68H60N4O. The summed E-state index contributed by atoms with van der Waals surface area (Å²) < 4.78 is 104. The lowest BCUT2D eigenvalue weighted by Gasteiger charge is -2.57. The number of rotatable bonds is 9. The van der Waals surface area contributed by atoms with Crippen molar-refractivity contribution < 1.29 is 23.0 Å². The Morgan fingerprint density at radius 3 is 1.73 bits per heavy atom. The number of para-hydroxylation sites is 3. The summed E-state index contributed by atoms with van der Waals surface area (Å²) in [6, 6.07) is 34.1. The van der Waals surface area contributed by atoms with Gasteiger partial charge in [0, 0.05) is 23.0 Å². The van der Waals surface area contributed by atoms with Crippen LogP contribution in [-0.4, -0.2) is 14.1 Å². The van der Waals surface area contributed by atoms with Crippen LogP contribution >= 0.6 is 0 Å². The van der Waals surface area contributed by atoms with E-state index >= 15 is 0 Å². The zero-order valence-corrected chi connectivity index (χ0v) is 40.7. The molecule has 0 aliphatic heterocycles. The summed E-state index contributed by atoms with van der Waals surface area (Å²) in [7, 11) is 0. The van der Waals surface area contributed by atoms with Gasteiger partial charge in [0.1, 0.15) is 17.3 Å². The summed E-state index contributed by atoms with van der Waals surface area (Å²) >= 11 is 0. The molecule has 0 amide bonds. The van der Waals surface area contributed by atoms with Crippen LogP contribution in [0.3, 0.4) is 0 Å². The molecule has 10 aromatic rings. The number of hydrogen-bond acceptors (Lipinski definition) is 2. The highest BCUT2D eigenvalue weighted by Gasteiger charge is 2.53. The lowest BCUT2D eigenvalue weighted by atomic mass is 9.48. The first-order valence-corrected chi connectivity index (χ1v) is 26.7. The molecule has 8 bridgehead atoms. The minimum absolute atomic E-state index is 0.0403. The summed E-state index contributed by atoms with van der Waals surface area (Å²) in [6.45, 7) is 0. The Labute approximate surface area is 442 Å². The van der Waals surface area contributed by atoms with E-state index in [1.54, 1.807) is 4.57 Å². The Morgan fingerprint density at radius 2 is 1.08 bits per heavy atom. The smallest absolute Gasteiger partial charge is 0.269 e. The van der Waals surface area contributed by atoms with Gasteiger partial charge in [-0.2, -0.15) is 0 Å². The number of hydrogen-bond donors (Lipinski definition) is 0. The van der Waals surface area contributed by atoms with Gasteiger partial charge in [-0.1, -0.05) is 121 Å². The van der Waals surface area contributed by atoms with Crippen LogP contribution in [0, 0.1) is 41.8 Å². The highest BCUT2D eigenvalue weighted by molar-refractivity contribution is 6.09. The van der Waals surface area contributed by atoms with E-state index in [0.29, 0.717) is 57.1 Å². The monoisotopic (exact) mass is 959 g/mol. The zero-order valence-electron chi connectivity index (χ0n) is 50.7. The molecule has 8 saturated carbocycles. The average molecular weight is 959 g/mol. The fourth-order valence-corrected chi connectivity index (χ4v) is 16.6. The first-order chi connectivity index (χ1) is 40.1. The van der Waals surface area contributed by atoms with E-state index in [4.69, 9.17) is 17.9 Å². The first kappa shape index (κ1) is 33.5. The van der Waals surface area contributed by atoms with E-state index < -0.39 is 60.4 Å². The van der Waals surface area contributed by atoms with Crippen molar-refractivity contribution in [2.45, 2.75) is 87.9 Å². The third-order valence-electron chi connectivity index (χ3n) is 18.7. The number of fused-ring (bicyclic) bond motifs is 4. The number of nitrogens with zero attached hydrogens (tertiary/aromatic N) is 4. The Morgan fingerprint density at radius 1 is 0.521 bits per heavy atom. The van der Waals surface area contributed by atoms with E-state index in [1.807, 2.05) is 77.5 Å². The van der Waals surface area contributed by atoms with Crippen LogP contribution in [0.2, 0.25) is 0 Å². The van der Waals surface area contributed by atoms with Crippen LogP contribution < -0.4 is 9.30 Å². The van der Waals surface area contributed by atoms with Gasteiger partial charge in [0.05, 0.1) is 47.1 Å². The largest absolute Gasteiger partial charge is 0.458 e. The third-order valence-corrected chi connectivity index (χ3v) is 18.7. The highest BCUT2D eigenvalue weighted by atomic mass is 16.5. The molecule has 3 heterocycles. The van der Waals surface area contributed by atoms with E-state index in [2.05, 4.69) is 59.4 Å². The molecular weight excluding hydrogens is 889 g/mol. The van der Waals surface area contributed by atoms with Crippen molar-refractivity contribution >= 4 is 32.8 Å². The van der Waals surface area contributed by atoms with Gasteiger partial charge in [-0.3, -0.25) is 13.7 Å². The van der Waals surface area contributed by atoms with Crippen molar-refractivity contribution in [3.63, 3.8) is 0 Å². The van der Waals surface area contributed by atoms with Gasteiger partial charge < -0.3 is 4.74 Å². The fourth-order valence-electron chi connectivity index (χ4n) is 16.6. The molecule has 3 aromatic heterocycles. The molecule has 0 unspecified atom stereocenters. The number of pyridine rings is 1. The quantitative estimate of drug-likeness (QED) is 0.107. The van der Waals surface area contributed by atoms with Gasteiger partial charge >= 0.3 is 0 Å². The number of aromatic nitrogens is 4. The molecule has 5 heteroatoms. The molecule has 8 fully saturated rings. The van der Waals surface area contributed by atoms with Crippen molar-refractivity contribution in [3.05, 3.63) is 199 Å². The van der Waals surface area contributed by atoms with Gasteiger partial charge in [-0.25, -0.2) is 4.98 Å². The molecule has 358 valence electrons. The van der Waals surface area contributed by atoms with Crippen LogP contribution in [-0.2, 0) is 10.8 Å². The molecule has 0 N–H and O–H groups in total. The molecule has 8 aliphatic carbocycles. The van der Waals surface area contributed by atoms with Crippen LogP contribution in [0.5, 0.6) is 11.5 Å². The standard InChI is InChI=1S/C68H60N4O/c1-3-12-50(13-4-1)59-32-53(68-40-47-29-48(41-68)31-49(30-47)42-68)33-60(51-14-5-2-6-15-51)66(59)71-43-70(62-20-9-10-21-63(62)71)54-16-11-17-55(35-54)73-56-22-23-58-57-18-7-8-19-61(57)72(64(58)36-56)65-34-52(24-25-69-65)67-37-44-26-45(38-67)28-46(27-44)39-67/h1-25,32-36,44-49H,26-31,37-42H2/i1D,2D,3D,4D,5D,6D,12D,13D,14D,15D. The molecule has 0 saturated heterocycles. The SMILES string of the molecule is [2H]c1c([2H])c([2H])c(-c2cc(C34CC5CC(CC(C5)C3)C4)cc(-c3c([2H])c([2H])c([2H])c([2H])c3[2H])c2-[n+]2[c-]n(-c3cccc(Oc4ccc5c6ccccc6n(-c6cc(C78CC9CC(CC(C9)C7)C8)ccn6)c5c4)c3)c3ccccc32)c([2H])c1[2H]. The second-order valence-electron chi connectivity index (χ2n) is 23.1. The number of imidazole rings is 1. The maximum atomic E-state index is 9.53. The lowest BCUT2D eigenvalue weighted by Crippen LogP contribution is -2.48. The number of benzene rings is 7. The lowest BCUT2D eigenvalue weighted by molar-refractivity contribution is -0.571. The second kappa shape index (κ2) is 16.1. The van der Waals surface area contributed by atoms with Crippen molar-refractivity contribution in [1.82, 2.24) is 14.1 Å². The van der Waals surface area contributed by atoms with Gasteiger partial charge in [0.2, 0.25) is 0 Å². The topological polar surface area (TPSA) is 35.9 Å². The van der Waals surface area contributed by atoms with Crippen molar-refractivity contribution in [2.24, 2.45) is 35.5 Å². The van der Waals surface area contributed by atoms with E-state index in [0.717, 1.165) is 89.5 Å². The predicted octanol–water partition coefficient (Wildman–Crippen LogP) is 16.3. The number of ether oxygens (including phenoxy) is 1. The first-order valence-electron chi connectivity index (χ1n) is 31.7. The van der Waals surface area contributed by atoms with Crippen LogP contribution in [0.4, 0.5) is 0 Å². The van der Waals surface area contributed by atoms with Crippen molar-refractivity contribution in [1.29, 1.82) is 0 Å². The molecule has 73 heavy (non-hydrogen) atoms. The maximum Gasteiger partial charge on any atom is 0.269 e. The fraction of sp³-hybridized carbons (Fsp3) is 0.294. The van der Waals surface area contributed by atoms with E-state index in [-0.39, 0.29) is 27.6 Å². The normalized spacial score (nSPS) is 28.5. The van der Waals surface area contributed by atoms with Gasteiger partial charge in [-0.15, -0.1) is 0 Å². The highest BCUT2D eigenvalue weighted by Crippen LogP contribution is 2.62. The van der Waals surface area contributed by atoms with Crippen molar-refractivity contribution in [3.8, 4) is 50.9 Å². The molecule has 5 nitrogen and oxygen atoms in total. The van der Waals surface area contributed by atoms with Gasteiger partial charge in [-0.05, 0) is 205 Å². The summed E-state index contributed by atoms with van der Waals surface area (Å²) in [5.41, 5.74) is 7.02. The Hall–Kier alpha value is -7.24. The molecule has 8 aliphatic rings. The average Bonchev–Trinajstić information content (AvgIpc) is 2.13. The van der Waals surface area contributed by atoms with Crippen LogP contribution in [0.25, 0.3) is 72.3 Å². The Bertz CT molecular complexity index is 4210. The Kier molecular flexibility index (Phi) is 7.40. The molecule has 0 spiro atoms. The minimum Gasteiger partial charge on any atom is -0.458 e. The second-order valence-corrected chi connectivity index (χ2v) is 23.1. The summed E-state index contributed by atoms with van der Waals surface area (Å²) in [6.07, 6.45) is 19.8. The summed E-state index contributed by atoms with van der Waals surface area (Å²) in [5, 5.41) is 2.23. The Balaban J connectivity index is 0.857. The molecule has 18 rings (SSSR count). The molecule has 7 aromatic carbocycles. The maximum absolute atomic E-state index is 9.53. The third kappa shape index (κ3) is 6.79.